The first-order valence-electron chi connectivity index (χ1n) is 11.5. The molecule has 2 N–H and O–H groups in total. The molecule has 0 aliphatic carbocycles. The van der Waals surface area contributed by atoms with Crippen molar-refractivity contribution in [2.24, 2.45) is 0 Å². The van der Waals surface area contributed by atoms with E-state index in [1.165, 1.54) is 24.9 Å². The van der Waals surface area contributed by atoms with Crippen molar-refractivity contribution in [3.05, 3.63) is 83.5 Å². The second-order valence-electron chi connectivity index (χ2n) is 8.66. The fourth-order valence-electron chi connectivity index (χ4n) is 4.79. The fraction of sp³-hybridized carbons (Fsp3) is 0.179. The third kappa shape index (κ3) is 3.87. The molecule has 0 unspecified atom stereocenters. The topological polar surface area (TPSA) is 47.7 Å². The zero-order chi connectivity index (χ0) is 22.2. The number of piperidine rings is 1. The third-order valence-electron chi connectivity index (χ3n) is 6.53. The molecule has 1 aliphatic rings. The number of halogens is 1. The van der Waals surface area contributed by atoms with Crippen molar-refractivity contribution in [1.29, 1.82) is 0 Å². The first kappa shape index (κ1) is 20.3. The summed E-state index contributed by atoms with van der Waals surface area (Å²) in [7, 11) is 0. The first-order chi connectivity index (χ1) is 16.3. The number of fused-ring (bicyclic) bond motifs is 1. The Morgan fingerprint density at radius 3 is 2.39 bits per heavy atom. The summed E-state index contributed by atoms with van der Waals surface area (Å²) in [5.41, 5.74) is 7.75. The van der Waals surface area contributed by atoms with E-state index in [4.69, 9.17) is 4.98 Å². The lowest BCUT2D eigenvalue weighted by Crippen LogP contribution is -2.29. The SMILES string of the molecule is Brc1ccc2[nH]cc(-c3nc(-c4ccccc4)c(-c4ccc(N5CCCCC5)cc4)[nH]3)c2c1. The number of rotatable bonds is 4. The van der Waals surface area contributed by atoms with Crippen molar-refractivity contribution in [2.75, 3.05) is 18.0 Å². The predicted octanol–water partition coefficient (Wildman–Crippen LogP) is 7.64. The van der Waals surface area contributed by atoms with E-state index in [1.54, 1.807) is 0 Å². The van der Waals surface area contributed by atoms with Crippen LogP contribution in [0.25, 0.3) is 44.8 Å². The quantitative estimate of drug-likeness (QED) is 0.268. The highest BCUT2D eigenvalue weighted by molar-refractivity contribution is 9.10. The van der Waals surface area contributed by atoms with E-state index in [9.17, 15) is 0 Å². The molecule has 3 aromatic carbocycles. The Morgan fingerprint density at radius 2 is 1.61 bits per heavy atom. The minimum absolute atomic E-state index is 0.869. The van der Waals surface area contributed by atoms with Gasteiger partial charge in [-0.05, 0) is 49.6 Å². The standard InChI is InChI=1S/C28H25BrN4/c29-21-11-14-25-23(17-21)24(18-30-25)28-31-26(19-7-3-1-4-8-19)27(32-28)20-9-12-22(13-10-20)33-15-5-2-6-16-33/h1,3-4,7-14,17-18,30H,2,5-6,15-16H2,(H,31,32). The molecule has 1 saturated heterocycles. The molecule has 33 heavy (non-hydrogen) atoms. The molecule has 0 bridgehead atoms. The smallest absolute Gasteiger partial charge is 0.140 e. The molecule has 164 valence electrons. The van der Waals surface area contributed by atoms with Gasteiger partial charge in [0.15, 0.2) is 0 Å². The van der Waals surface area contributed by atoms with Crippen molar-refractivity contribution in [3.8, 4) is 33.9 Å². The van der Waals surface area contributed by atoms with Crippen LogP contribution in [0, 0.1) is 0 Å². The summed E-state index contributed by atoms with van der Waals surface area (Å²) in [6.07, 6.45) is 5.94. The van der Waals surface area contributed by atoms with Gasteiger partial charge in [-0.15, -0.1) is 0 Å². The van der Waals surface area contributed by atoms with E-state index in [0.29, 0.717) is 0 Å². The molecule has 4 nitrogen and oxygen atoms in total. The molecule has 1 aliphatic heterocycles. The second kappa shape index (κ2) is 8.56. The minimum Gasteiger partial charge on any atom is -0.372 e. The lowest BCUT2D eigenvalue weighted by Gasteiger charge is -2.28. The normalized spacial score (nSPS) is 14.2. The van der Waals surface area contributed by atoms with Crippen molar-refractivity contribution in [3.63, 3.8) is 0 Å². The molecule has 5 aromatic rings. The highest BCUT2D eigenvalue weighted by Crippen LogP contribution is 2.36. The van der Waals surface area contributed by atoms with Gasteiger partial charge in [0.05, 0.1) is 11.4 Å². The number of hydrogen-bond acceptors (Lipinski definition) is 2. The van der Waals surface area contributed by atoms with Gasteiger partial charge in [-0.3, -0.25) is 0 Å². The summed E-state index contributed by atoms with van der Waals surface area (Å²) in [6.45, 7) is 2.30. The van der Waals surface area contributed by atoms with Gasteiger partial charge < -0.3 is 14.9 Å². The van der Waals surface area contributed by atoms with Crippen molar-refractivity contribution in [1.82, 2.24) is 15.0 Å². The largest absolute Gasteiger partial charge is 0.372 e. The van der Waals surface area contributed by atoms with Crippen LogP contribution in [0.5, 0.6) is 0 Å². The lowest BCUT2D eigenvalue weighted by atomic mass is 10.0. The van der Waals surface area contributed by atoms with Gasteiger partial charge in [-0.25, -0.2) is 4.98 Å². The Morgan fingerprint density at radius 1 is 0.818 bits per heavy atom. The van der Waals surface area contributed by atoms with Crippen LogP contribution in [0.3, 0.4) is 0 Å². The molecule has 0 radical (unpaired) electrons. The van der Waals surface area contributed by atoms with E-state index in [0.717, 1.165) is 62.4 Å². The fourth-order valence-corrected chi connectivity index (χ4v) is 5.16. The van der Waals surface area contributed by atoms with Crippen LogP contribution in [-0.4, -0.2) is 28.0 Å². The number of nitrogens with zero attached hydrogens (tertiary/aromatic N) is 2. The number of hydrogen-bond donors (Lipinski definition) is 2. The molecular weight excluding hydrogens is 472 g/mol. The van der Waals surface area contributed by atoms with Gasteiger partial charge >= 0.3 is 0 Å². The second-order valence-corrected chi connectivity index (χ2v) is 9.58. The highest BCUT2D eigenvalue weighted by Gasteiger charge is 2.18. The van der Waals surface area contributed by atoms with E-state index in [2.05, 4.69) is 97.5 Å². The Balaban J connectivity index is 1.45. The molecule has 0 saturated carbocycles. The molecule has 1 fully saturated rings. The van der Waals surface area contributed by atoms with E-state index < -0.39 is 0 Å². The van der Waals surface area contributed by atoms with Crippen LogP contribution < -0.4 is 4.90 Å². The van der Waals surface area contributed by atoms with Gasteiger partial charge in [0.25, 0.3) is 0 Å². The lowest BCUT2D eigenvalue weighted by molar-refractivity contribution is 0.578. The maximum Gasteiger partial charge on any atom is 0.140 e. The number of aromatic nitrogens is 3. The average Bonchev–Trinajstić information content (AvgIpc) is 3.49. The van der Waals surface area contributed by atoms with E-state index in [-0.39, 0.29) is 0 Å². The van der Waals surface area contributed by atoms with E-state index >= 15 is 0 Å². The van der Waals surface area contributed by atoms with Gasteiger partial charge in [0, 0.05) is 57.0 Å². The number of aromatic amines is 2. The van der Waals surface area contributed by atoms with Gasteiger partial charge in [0.2, 0.25) is 0 Å². The van der Waals surface area contributed by atoms with Crippen molar-refractivity contribution < 1.29 is 0 Å². The monoisotopic (exact) mass is 496 g/mol. The van der Waals surface area contributed by atoms with E-state index in [1.807, 2.05) is 12.3 Å². The summed E-state index contributed by atoms with van der Waals surface area (Å²) >= 11 is 3.61. The molecule has 0 spiro atoms. The van der Waals surface area contributed by atoms with Crippen molar-refractivity contribution >= 4 is 32.5 Å². The molecular formula is C28H25BrN4. The Labute approximate surface area is 201 Å². The summed E-state index contributed by atoms with van der Waals surface area (Å²) in [4.78, 5) is 14.6. The molecule has 2 aromatic heterocycles. The summed E-state index contributed by atoms with van der Waals surface area (Å²) in [5, 5.41) is 1.14. The van der Waals surface area contributed by atoms with Gasteiger partial charge in [0.1, 0.15) is 5.82 Å². The zero-order valence-electron chi connectivity index (χ0n) is 18.3. The summed E-state index contributed by atoms with van der Waals surface area (Å²) < 4.78 is 1.05. The molecule has 6 rings (SSSR count). The van der Waals surface area contributed by atoms with Crippen LogP contribution in [0.4, 0.5) is 5.69 Å². The first-order valence-corrected chi connectivity index (χ1v) is 12.3. The highest BCUT2D eigenvalue weighted by atomic mass is 79.9. The van der Waals surface area contributed by atoms with Crippen LogP contribution in [0.1, 0.15) is 19.3 Å². The number of anilines is 1. The Bertz CT molecular complexity index is 1390. The third-order valence-corrected chi connectivity index (χ3v) is 7.02. The minimum atomic E-state index is 0.869. The van der Waals surface area contributed by atoms with Crippen LogP contribution in [-0.2, 0) is 0 Å². The number of benzene rings is 3. The number of nitrogens with one attached hydrogen (secondary N) is 2. The van der Waals surface area contributed by atoms with Crippen LogP contribution >= 0.6 is 15.9 Å². The number of imidazole rings is 1. The Hall–Kier alpha value is -3.31. The van der Waals surface area contributed by atoms with Gasteiger partial charge in [-0.2, -0.15) is 0 Å². The van der Waals surface area contributed by atoms with Crippen LogP contribution in [0.15, 0.2) is 83.5 Å². The maximum absolute atomic E-state index is 5.09. The molecule has 3 heterocycles. The average molecular weight is 497 g/mol. The molecule has 0 amide bonds. The zero-order valence-corrected chi connectivity index (χ0v) is 19.9. The summed E-state index contributed by atoms with van der Waals surface area (Å²) in [6, 6.07) is 25.6. The predicted molar refractivity (Wildman–Crippen MR) is 141 cm³/mol. The Kier molecular flexibility index (Phi) is 5.27. The summed E-state index contributed by atoms with van der Waals surface area (Å²) in [5.74, 6) is 0.869. The molecule has 5 heteroatoms. The van der Waals surface area contributed by atoms with Crippen molar-refractivity contribution in [2.45, 2.75) is 19.3 Å². The maximum atomic E-state index is 5.09. The van der Waals surface area contributed by atoms with Gasteiger partial charge in [-0.1, -0.05) is 58.4 Å². The number of H-pyrrole nitrogens is 2. The van der Waals surface area contributed by atoms with Crippen LogP contribution in [0.2, 0.25) is 0 Å². The molecule has 0 atom stereocenters.